The van der Waals surface area contributed by atoms with E-state index >= 15 is 0 Å². The van der Waals surface area contributed by atoms with Gasteiger partial charge in [-0.3, -0.25) is 4.79 Å². The number of benzene rings is 2. The smallest absolute Gasteiger partial charge is 0.159 e. The Balaban J connectivity index is 2.19. The first-order chi connectivity index (χ1) is 9.54. The maximum atomic E-state index is 13.9. The van der Waals surface area contributed by atoms with E-state index in [4.69, 9.17) is 16.0 Å². The number of furan rings is 1. The molecule has 0 aliphatic rings. The molecule has 3 rings (SSSR count). The van der Waals surface area contributed by atoms with Crippen LogP contribution in [0.2, 0.25) is 5.02 Å². The monoisotopic (exact) mass is 288 g/mol. The first kappa shape index (κ1) is 12.9. The topological polar surface area (TPSA) is 30.2 Å². The Hall–Kier alpha value is -2.13. The summed E-state index contributed by atoms with van der Waals surface area (Å²) in [5.74, 6) is -0.173. The predicted molar refractivity (Wildman–Crippen MR) is 76.6 cm³/mol. The zero-order chi connectivity index (χ0) is 14.3. The van der Waals surface area contributed by atoms with E-state index in [1.807, 2.05) is 0 Å². The fourth-order valence-corrected chi connectivity index (χ4v) is 2.26. The molecule has 0 bridgehead atoms. The van der Waals surface area contributed by atoms with Crippen LogP contribution >= 0.6 is 11.6 Å². The molecule has 100 valence electrons. The second-order valence-corrected chi connectivity index (χ2v) is 4.98. The fraction of sp³-hybridized carbons (Fsp3) is 0.0625. The quantitative estimate of drug-likeness (QED) is 0.614. The lowest BCUT2D eigenvalue weighted by molar-refractivity contribution is 0.101. The average molecular weight is 289 g/mol. The van der Waals surface area contributed by atoms with Crippen LogP contribution in [0.1, 0.15) is 17.3 Å². The Labute approximate surface area is 119 Å². The second-order valence-electron chi connectivity index (χ2n) is 4.54. The molecular weight excluding hydrogens is 279 g/mol. The molecule has 0 fully saturated rings. The number of Topliss-reactive ketones (excluding diaryl/α,β-unsaturated/α-hetero) is 1. The molecule has 0 aliphatic heterocycles. The van der Waals surface area contributed by atoms with Gasteiger partial charge in [0, 0.05) is 16.0 Å². The third-order valence-electron chi connectivity index (χ3n) is 3.12. The van der Waals surface area contributed by atoms with Gasteiger partial charge in [-0.2, -0.15) is 0 Å². The summed E-state index contributed by atoms with van der Waals surface area (Å²) in [5.41, 5.74) is 1.34. The first-order valence-electron chi connectivity index (χ1n) is 6.04. The van der Waals surface area contributed by atoms with E-state index < -0.39 is 5.82 Å². The minimum absolute atomic E-state index is 0.120. The molecule has 2 nitrogen and oxygen atoms in total. The molecule has 0 saturated heterocycles. The Morgan fingerprint density at radius 1 is 1.15 bits per heavy atom. The number of fused-ring (bicyclic) bond motifs is 1. The third-order valence-corrected chi connectivity index (χ3v) is 3.35. The van der Waals surface area contributed by atoms with Gasteiger partial charge in [0.15, 0.2) is 5.78 Å². The van der Waals surface area contributed by atoms with E-state index in [9.17, 15) is 9.18 Å². The van der Waals surface area contributed by atoms with E-state index in [2.05, 4.69) is 0 Å². The maximum absolute atomic E-state index is 13.9. The molecule has 0 aliphatic carbocycles. The lowest BCUT2D eigenvalue weighted by Crippen LogP contribution is -1.93. The number of carbonyl (C=O) groups is 1. The Morgan fingerprint density at radius 3 is 2.70 bits per heavy atom. The largest absolute Gasteiger partial charge is 0.456 e. The number of hydrogen-bond donors (Lipinski definition) is 0. The summed E-state index contributed by atoms with van der Waals surface area (Å²) in [6.45, 7) is 1.44. The zero-order valence-corrected chi connectivity index (χ0v) is 11.4. The van der Waals surface area contributed by atoms with E-state index in [1.165, 1.54) is 25.1 Å². The molecule has 20 heavy (non-hydrogen) atoms. The first-order valence-corrected chi connectivity index (χ1v) is 6.42. The zero-order valence-electron chi connectivity index (χ0n) is 10.6. The molecule has 0 spiro atoms. The van der Waals surface area contributed by atoms with E-state index in [1.54, 1.807) is 24.3 Å². The standard InChI is InChI=1S/C16H10ClFO2/c1-9(19)10-2-4-14(18)13(7-10)16-8-11-6-12(17)3-5-15(11)20-16/h2-8H,1H3. The number of carbonyl (C=O) groups excluding carboxylic acids is 1. The van der Waals surface area contributed by atoms with Crippen molar-refractivity contribution in [1.29, 1.82) is 0 Å². The summed E-state index contributed by atoms with van der Waals surface area (Å²) in [5, 5.41) is 1.38. The Morgan fingerprint density at radius 2 is 1.95 bits per heavy atom. The Kier molecular flexibility index (Phi) is 3.07. The van der Waals surface area contributed by atoms with Crippen molar-refractivity contribution >= 4 is 28.4 Å². The normalized spacial score (nSPS) is 10.9. The van der Waals surface area contributed by atoms with E-state index in [-0.39, 0.29) is 11.3 Å². The van der Waals surface area contributed by atoms with Gasteiger partial charge < -0.3 is 4.42 Å². The molecule has 0 radical (unpaired) electrons. The van der Waals surface area contributed by atoms with Crippen molar-refractivity contribution in [3.63, 3.8) is 0 Å². The molecule has 2 aromatic carbocycles. The minimum atomic E-state index is -0.430. The number of ketones is 1. The SMILES string of the molecule is CC(=O)c1ccc(F)c(-c2cc3cc(Cl)ccc3o2)c1. The van der Waals surface area contributed by atoms with Crippen LogP contribution in [0.15, 0.2) is 46.9 Å². The highest BCUT2D eigenvalue weighted by Gasteiger charge is 2.13. The van der Waals surface area contributed by atoms with Crippen molar-refractivity contribution in [2.24, 2.45) is 0 Å². The van der Waals surface area contributed by atoms with Crippen molar-refractivity contribution < 1.29 is 13.6 Å². The highest BCUT2D eigenvalue weighted by molar-refractivity contribution is 6.31. The molecule has 1 aromatic heterocycles. The lowest BCUT2D eigenvalue weighted by atomic mass is 10.1. The van der Waals surface area contributed by atoms with Gasteiger partial charge in [0.25, 0.3) is 0 Å². The molecule has 1 heterocycles. The summed E-state index contributed by atoms with van der Waals surface area (Å²) in [7, 11) is 0. The highest BCUT2D eigenvalue weighted by Crippen LogP contribution is 2.31. The van der Waals surface area contributed by atoms with Gasteiger partial charge >= 0.3 is 0 Å². The van der Waals surface area contributed by atoms with Crippen molar-refractivity contribution in [1.82, 2.24) is 0 Å². The summed E-state index contributed by atoms with van der Waals surface area (Å²) >= 11 is 5.91. The number of rotatable bonds is 2. The molecule has 0 saturated carbocycles. The van der Waals surface area contributed by atoms with Gasteiger partial charge in [0.05, 0.1) is 5.56 Å². The Bertz CT molecular complexity index is 820. The number of halogens is 2. The summed E-state index contributed by atoms with van der Waals surface area (Å²) < 4.78 is 19.5. The minimum Gasteiger partial charge on any atom is -0.456 e. The third kappa shape index (κ3) is 2.21. The van der Waals surface area contributed by atoms with Crippen LogP contribution in [-0.2, 0) is 0 Å². The van der Waals surface area contributed by atoms with E-state index in [0.717, 1.165) is 5.39 Å². The lowest BCUT2D eigenvalue weighted by Gasteiger charge is -2.01. The molecule has 3 aromatic rings. The summed E-state index contributed by atoms with van der Waals surface area (Å²) in [4.78, 5) is 11.4. The van der Waals surface area contributed by atoms with Crippen molar-refractivity contribution in [2.45, 2.75) is 6.92 Å². The van der Waals surface area contributed by atoms with Crippen molar-refractivity contribution in [2.75, 3.05) is 0 Å². The van der Waals surface area contributed by atoms with E-state index in [0.29, 0.717) is 21.9 Å². The molecule has 4 heteroatoms. The van der Waals surface area contributed by atoms with Crippen LogP contribution in [0.25, 0.3) is 22.3 Å². The molecule has 0 unspecified atom stereocenters. The van der Waals surface area contributed by atoms with Gasteiger partial charge in [-0.1, -0.05) is 11.6 Å². The average Bonchev–Trinajstić information content (AvgIpc) is 2.81. The van der Waals surface area contributed by atoms with Gasteiger partial charge in [-0.05, 0) is 49.4 Å². The number of hydrogen-bond acceptors (Lipinski definition) is 2. The van der Waals surface area contributed by atoms with Crippen LogP contribution in [0.4, 0.5) is 4.39 Å². The maximum Gasteiger partial charge on any atom is 0.159 e. The van der Waals surface area contributed by atoms with Gasteiger partial charge in [-0.25, -0.2) is 4.39 Å². The van der Waals surface area contributed by atoms with Crippen LogP contribution in [0, 0.1) is 5.82 Å². The van der Waals surface area contributed by atoms with Crippen LogP contribution in [0.3, 0.4) is 0 Å². The van der Waals surface area contributed by atoms with Crippen LogP contribution in [-0.4, -0.2) is 5.78 Å². The molecule has 0 atom stereocenters. The predicted octanol–water partition coefficient (Wildman–Crippen LogP) is 5.09. The van der Waals surface area contributed by atoms with Gasteiger partial charge in [0.1, 0.15) is 17.2 Å². The molecule has 0 N–H and O–H groups in total. The van der Waals surface area contributed by atoms with Crippen molar-refractivity contribution in [3.05, 3.63) is 58.9 Å². The molecule has 0 amide bonds. The molecular formula is C16H10ClFO2. The van der Waals surface area contributed by atoms with Crippen molar-refractivity contribution in [3.8, 4) is 11.3 Å². The summed E-state index contributed by atoms with van der Waals surface area (Å²) in [6.07, 6.45) is 0. The van der Waals surface area contributed by atoms with Gasteiger partial charge in [-0.15, -0.1) is 0 Å². The van der Waals surface area contributed by atoms with Crippen LogP contribution in [0.5, 0.6) is 0 Å². The second kappa shape index (κ2) is 4.76. The summed E-state index contributed by atoms with van der Waals surface area (Å²) in [6, 6.07) is 11.1. The van der Waals surface area contributed by atoms with Gasteiger partial charge in [0.2, 0.25) is 0 Å². The van der Waals surface area contributed by atoms with Crippen LogP contribution < -0.4 is 0 Å². The highest BCUT2D eigenvalue weighted by atomic mass is 35.5. The fourth-order valence-electron chi connectivity index (χ4n) is 2.08.